The number of H-pyrrole nitrogens is 1. The Bertz CT molecular complexity index is 790. The van der Waals surface area contributed by atoms with Gasteiger partial charge >= 0.3 is 0 Å². The predicted molar refractivity (Wildman–Crippen MR) is 88.3 cm³/mol. The Labute approximate surface area is 130 Å². The number of ketones is 1. The van der Waals surface area contributed by atoms with E-state index in [-0.39, 0.29) is 17.6 Å². The second-order valence-electron chi connectivity index (χ2n) is 6.44. The summed E-state index contributed by atoms with van der Waals surface area (Å²) in [5.74, 6) is -0.367. The van der Waals surface area contributed by atoms with Gasteiger partial charge in [0.05, 0.1) is 17.3 Å². The lowest BCUT2D eigenvalue weighted by Gasteiger charge is -2.31. The summed E-state index contributed by atoms with van der Waals surface area (Å²) in [4.78, 5) is 20.5. The third-order valence-corrected chi connectivity index (χ3v) is 5.37. The molecule has 0 radical (unpaired) electrons. The molecule has 1 aliphatic heterocycles. The number of nitrogens with zero attached hydrogens (tertiary/aromatic N) is 1. The molecule has 4 nitrogen and oxygen atoms in total. The lowest BCUT2D eigenvalue weighted by Crippen LogP contribution is -2.38. The van der Waals surface area contributed by atoms with E-state index in [1.54, 1.807) is 0 Å². The quantitative estimate of drug-likeness (QED) is 0.876. The average Bonchev–Trinajstić information content (AvgIpc) is 2.85. The lowest BCUT2D eigenvalue weighted by molar-refractivity contribution is -0.119. The van der Waals surface area contributed by atoms with Gasteiger partial charge < -0.3 is 10.1 Å². The number of aliphatic imine (C=N–C) groups is 1. The van der Waals surface area contributed by atoms with E-state index < -0.39 is 5.92 Å². The fourth-order valence-electron chi connectivity index (χ4n) is 3.36. The maximum absolute atomic E-state index is 12.7. The molecule has 0 bridgehead atoms. The summed E-state index contributed by atoms with van der Waals surface area (Å²) in [5.41, 5.74) is 7.55. The van der Waals surface area contributed by atoms with Crippen molar-refractivity contribution in [1.29, 1.82) is 0 Å². The highest BCUT2D eigenvalue weighted by Crippen LogP contribution is 2.44. The second kappa shape index (κ2) is 4.70. The van der Waals surface area contributed by atoms with Gasteiger partial charge in [-0.05, 0) is 63.8 Å². The van der Waals surface area contributed by atoms with Crippen molar-refractivity contribution in [3.8, 4) is 0 Å². The molecule has 2 aliphatic rings. The first-order valence-electron chi connectivity index (χ1n) is 7.61. The molecule has 1 aromatic rings. The zero-order valence-electron chi connectivity index (χ0n) is 14.0. The fraction of sp³-hybridized carbons (Fsp3) is 0.444. The van der Waals surface area contributed by atoms with Crippen molar-refractivity contribution in [3.63, 3.8) is 0 Å². The summed E-state index contributed by atoms with van der Waals surface area (Å²) in [6.07, 6.45) is 0. The van der Waals surface area contributed by atoms with Gasteiger partial charge in [0.1, 0.15) is 11.7 Å². The topological polar surface area (TPSA) is 65.5 Å². The Morgan fingerprint density at radius 3 is 2.09 bits per heavy atom. The molecular weight excluding hydrogens is 276 g/mol. The number of aliphatic hydroxyl groups is 1. The van der Waals surface area contributed by atoms with Crippen LogP contribution in [0.1, 0.15) is 43.3 Å². The van der Waals surface area contributed by atoms with Gasteiger partial charge in [-0.15, -0.1) is 0 Å². The van der Waals surface area contributed by atoms with E-state index >= 15 is 0 Å². The van der Waals surface area contributed by atoms with Crippen LogP contribution in [0.2, 0.25) is 0 Å². The zero-order chi connectivity index (χ0) is 16.3. The lowest BCUT2D eigenvalue weighted by atomic mass is 9.74. The van der Waals surface area contributed by atoms with Crippen molar-refractivity contribution in [1.82, 2.24) is 4.98 Å². The summed E-state index contributed by atoms with van der Waals surface area (Å²) in [6.45, 7) is 11.9. The molecule has 0 fully saturated rings. The van der Waals surface area contributed by atoms with Crippen molar-refractivity contribution in [2.24, 2.45) is 10.9 Å². The molecule has 0 aromatic carbocycles. The zero-order valence-corrected chi connectivity index (χ0v) is 14.0. The summed E-state index contributed by atoms with van der Waals surface area (Å²) in [7, 11) is 0. The van der Waals surface area contributed by atoms with Crippen LogP contribution in [0.5, 0.6) is 0 Å². The van der Waals surface area contributed by atoms with Crippen LogP contribution in [0.3, 0.4) is 0 Å². The Hall–Kier alpha value is -2.10. The van der Waals surface area contributed by atoms with Crippen molar-refractivity contribution >= 4 is 17.1 Å². The van der Waals surface area contributed by atoms with Crippen molar-refractivity contribution in [3.05, 3.63) is 39.4 Å². The molecule has 2 heterocycles. The normalized spacial score (nSPS) is 25.0. The number of Topliss-reactive ketones (excluding diaryl/α,β-unsaturated/α-hetero) is 1. The first-order valence-corrected chi connectivity index (χ1v) is 7.61. The number of aryl methyl sites for hydroxylation is 1. The van der Waals surface area contributed by atoms with Gasteiger partial charge in [0.15, 0.2) is 5.78 Å². The summed E-state index contributed by atoms with van der Waals surface area (Å²) < 4.78 is 0. The number of carbonyl (C=O) groups excluding carboxylic acids is 1. The van der Waals surface area contributed by atoms with Crippen molar-refractivity contribution < 1.29 is 9.90 Å². The minimum atomic E-state index is -0.522. The van der Waals surface area contributed by atoms with Crippen LogP contribution in [-0.2, 0) is 4.79 Å². The van der Waals surface area contributed by atoms with Crippen LogP contribution in [0.15, 0.2) is 21.9 Å². The van der Waals surface area contributed by atoms with Crippen molar-refractivity contribution in [2.45, 2.75) is 47.6 Å². The van der Waals surface area contributed by atoms with Gasteiger partial charge in [-0.3, -0.25) is 9.79 Å². The van der Waals surface area contributed by atoms with Crippen LogP contribution in [0.25, 0.3) is 5.57 Å². The fourth-order valence-corrected chi connectivity index (χ4v) is 3.36. The third-order valence-electron chi connectivity index (χ3n) is 5.37. The molecule has 3 rings (SSSR count). The highest BCUT2D eigenvalue weighted by Gasteiger charge is 2.48. The van der Waals surface area contributed by atoms with E-state index in [1.165, 1.54) is 0 Å². The Balaban J connectivity index is 2.03. The molecule has 0 saturated carbocycles. The molecular formula is C18H22N2O2. The van der Waals surface area contributed by atoms with Gasteiger partial charge in [0.2, 0.25) is 0 Å². The number of aromatic nitrogens is 1. The van der Waals surface area contributed by atoms with E-state index in [0.717, 1.165) is 39.4 Å². The highest BCUT2D eigenvalue weighted by atomic mass is 16.3. The standard InChI is InChI=1S/C18H22N2O2/c1-7-9(3)15(19-11(7)5)13-17(21)14(18(13)22)16-10(4)8(2)12(6)20-16/h13,15,20-21H,1-6H3. The van der Waals surface area contributed by atoms with Crippen LogP contribution in [0, 0.1) is 26.7 Å². The molecule has 116 valence electrons. The van der Waals surface area contributed by atoms with Crippen LogP contribution < -0.4 is 0 Å². The molecule has 2 N–H and O–H groups in total. The molecule has 22 heavy (non-hydrogen) atoms. The molecule has 2 atom stereocenters. The Kier molecular flexibility index (Phi) is 3.17. The summed E-state index contributed by atoms with van der Waals surface area (Å²) >= 11 is 0. The Morgan fingerprint density at radius 2 is 1.68 bits per heavy atom. The number of carbonyl (C=O) groups is 1. The first-order chi connectivity index (χ1) is 10.3. The number of hydrogen-bond acceptors (Lipinski definition) is 3. The van der Waals surface area contributed by atoms with E-state index in [9.17, 15) is 9.90 Å². The minimum Gasteiger partial charge on any atom is -0.511 e. The van der Waals surface area contributed by atoms with Crippen LogP contribution in [-0.4, -0.2) is 27.6 Å². The summed E-state index contributed by atoms with van der Waals surface area (Å²) in [6, 6.07) is -0.242. The smallest absolute Gasteiger partial charge is 0.181 e. The third kappa shape index (κ3) is 1.76. The van der Waals surface area contributed by atoms with Gasteiger partial charge in [-0.1, -0.05) is 0 Å². The molecule has 1 aliphatic carbocycles. The highest BCUT2D eigenvalue weighted by molar-refractivity contribution is 6.30. The van der Waals surface area contributed by atoms with Gasteiger partial charge in [-0.25, -0.2) is 0 Å². The number of allylic oxidation sites excluding steroid dienone is 2. The van der Waals surface area contributed by atoms with E-state index in [0.29, 0.717) is 5.57 Å². The minimum absolute atomic E-state index is 0.0162. The molecule has 1 aromatic heterocycles. The molecule has 2 unspecified atom stereocenters. The van der Waals surface area contributed by atoms with Crippen LogP contribution in [0.4, 0.5) is 0 Å². The number of aliphatic hydroxyl groups excluding tert-OH is 1. The largest absolute Gasteiger partial charge is 0.511 e. The maximum Gasteiger partial charge on any atom is 0.181 e. The van der Waals surface area contributed by atoms with Gasteiger partial charge in [-0.2, -0.15) is 0 Å². The van der Waals surface area contributed by atoms with Crippen molar-refractivity contribution in [2.75, 3.05) is 0 Å². The number of hydrogen-bond donors (Lipinski definition) is 2. The number of rotatable bonds is 2. The number of aromatic amines is 1. The van der Waals surface area contributed by atoms with E-state index in [4.69, 9.17) is 0 Å². The van der Waals surface area contributed by atoms with Gasteiger partial charge in [0, 0.05) is 11.4 Å². The second-order valence-corrected chi connectivity index (χ2v) is 6.44. The SMILES string of the molecule is CC1=NC(C2C(=O)C(c3[nH]c(C)c(C)c3C)=C2O)C(C)=C1C. The predicted octanol–water partition coefficient (Wildman–Crippen LogP) is 3.59. The van der Waals surface area contributed by atoms with Gasteiger partial charge in [0.25, 0.3) is 0 Å². The average molecular weight is 298 g/mol. The monoisotopic (exact) mass is 298 g/mol. The molecule has 4 heteroatoms. The molecule has 0 amide bonds. The molecule has 0 spiro atoms. The molecule has 0 saturated heterocycles. The summed E-state index contributed by atoms with van der Waals surface area (Å²) in [5, 5.41) is 10.5. The number of nitrogens with one attached hydrogen (secondary N) is 1. The van der Waals surface area contributed by atoms with E-state index in [2.05, 4.69) is 9.98 Å². The van der Waals surface area contributed by atoms with E-state index in [1.807, 2.05) is 41.5 Å². The Morgan fingerprint density at radius 1 is 1.05 bits per heavy atom. The van der Waals surface area contributed by atoms with Crippen LogP contribution >= 0.6 is 0 Å². The first kappa shape index (κ1) is 14.8. The maximum atomic E-state index is 12.7.